The number of rotatable bonds is 11. The summed E-state index contributed by atoms with van der Waals surface area (Å²) in [4.78, 5) is 34.0. The molecular formula is C17H23NO3S. The summed E-state index contributed by atoms with van der Waals surface area (Å²) in [6, 6.07) is 9.05. The number of carbonyl (C=O) groups excluding carboxylic acids is 3. The number of hydrogen-bond donors (Lipinski definition) is 1. The van der Waals surface area contributed by atoms with Gasteiger partial charge in [0.2, 0.25) is 5.12 Å². The van der Waals surface area contributed by atoms with Crippen LogP contribution in [0.4, 0.5) is 0 Å². The Morgan fingerprint density at radius 2 is 1.91 bits per heavy atom. The molecule has 4 nitrogen and oxygen atoms in total. The van der Waals surface area contributed by atoms with E-state index >= 15 is 0 Å². The highest BCUT2D eigenvalue weighted by atomic mass is 32.2. The molecule has 0 aliphatic heterocycles. The topological polar surface area (TPSA) is 63.2 Å². The lowest BCUT2D eigenvalue weighted by molar-refractivity contribution is -0.116. The number of aldehydes is 1. The summed E-state index contributed by atoms with van der Waals surface area (Å²) < 4.78 is 0. The molecule has 0 saturated heterocycles. The molecule has 0 heterocycles. The van der Waals surface area contributed by atoms with Crippen molar-refractivity contribution in [1.29, 1.82) is 0 Å². The van der Waals surface area contributed by atoms with E-state index in [9.17, 15) is 14.4 Å². The minimum Gasteiger partial charge on any atom is -0.310 e. The number of thioether (sulfide) groups is 1. The Labute approximate surface area is 136 Å². The number of benzene rings is 1. The van der Waals surface area contributed by atoms with Crippen molar-refractivity contribution in [3.05, 3.63) is 35.9 Å². The Bertz CT molecular complexity index is 476. The summed E-state index contributed by atoms with van der Waals surface area (Å²) >= 11 is 1.13. The van der Waals surface area contributed by atoms with Crippen molar-refractivity contribution in [2.24, 2.45) is 0 Å². The SMILES string of the molecule is CC(=O)C(CCCCCNCC=O)SC(=O)c1ccccc1. The van der Waals surface area contributed by atoms with Gasteiger partial charge in [0.05, 0.1) is 11.8 Å². The van der Waals surface area contributed by atoms with Crippen molar-refractivity contribution in [1.82, 2.24) is 5.32 Å². The minimum atomic E-state index is -0.268. The highest BCUT2D eigenvalue weighted by molar-refractivity contribution is 8.15. The van der Waals surface area contributed by atoms with Gasteiger partial charge in [0.15, 0.2) is 0 Å². The van der Waals surface area contributed by atoms with Crippen LogP contribution in [0.1, 0.15) is 43.0 Å². The van der Waals surface area contributed by atoms with E-state index < -0.39 is 0 Å². The van der Waals surface area contributed by atoms with Crippen molar-refractivity contribution in [2.75, 3.05) is 13.1 Å². The zero-order valence-corrected chi connectivity index (χ0v) is 13.7. The number of nitrogens with one attached hydrogen (secondary N) is 1. The van der Waals surface area contributed by atoms with Crippen LogP contribution in [0.5, 0.6) is 0 Å². The summed E-state index contributed by atoms with van der Waals surface area (Å²) in [7, 11) is 0. The molecule has 0 aliphatic carbocycles. The van der Waals surface area contributed by atoms with Crippen LogP contribution in [0.2, 0.25) is 0 Å². The lowest BCUT2D eigenvalue weighted by Gasteiger charge is -2.12. The van der Waals surface area contributed by atoms with Crippen LogP contribution in [0, 0.1) is 0 Å². The van der Waals surface area contributed by atoms with E-state index in [2.05, 4.69) is 5.32 Å². The zero-order chi connectivity index (χ0) is 16.2. The Kier molecular flexibility index (Phi) is 9.42. The minimum absolute atomic E-state index is 0.0477. The number of hydrogen-bond acceptors (Lipinski definition) is 5. The molecule has 0 radical (unpaired) electrons. The number of Topliss-reactive ketones (excluding diaryl/α,β-unsaturated/α-hetero) is 1. The maximum Gasteiger partial charge on any atom is 0.220 e. The first-order chi connectivity index (χ1) is 10.6. The smallest absolute Gasteiger partial charge is 0.220 e. The van der Waals surface area contributed by atoms with E-state index in [1.54, 1.807) is 19.1 Å². The molecule has 1 aromatic carbocycles. The van der Waals surface area contributed by atoms with Crippen molar-refractivity contribution >= 4 is 28.9 Å². The molecule has 0 amide bonds. The highest BCUT2D eigenvalue weighted by Crippen LogP contribution is 2.23. The fourth-order valence-electron chi connectivity index (χ4n) is 2.03. The second-order valence-electron chi connectivity index (χ2n) is 5.09. The number of carbonyl (C=O) groups is 3. The van der Waals surface area contributed by atoms with Crippen LogP contribution in [0.25, 0.3) is 0 Å². The average molecular weight is 321 g/mol. The predicted molar refractivity (Wildman–Crippen MR) is 90.2 cm³/mol. The van der Waals surface area contributed by atoms with Crippen LogP contribution in [0.3, 0.4) is 0 Å². The monoisotopic (exact) mass is 321 g/mol. The molecule has 1 N–H and O–H groups in total. The fourth-order valence-corrected chi connectivity index (χ4v) is 3.02. The van der Waals surface area contributed by atoms with Gasteiger partial charge in [-0.05, 0) is 26.3 Å². The number of ketones is 1. The van der Waals surface area contributed by atoms with Crippen LogP contribution in [0.15, 0.2) is 30.3 Å². The van der Waals surface area contributed by atoms with E-state index in [0.29, 0.717) is 18.5 Å². The Morgan fingerprint density at radius 1 is 1.18 bits per heavy atom. The van der Waals surface area contributed by atoms with Gasteiger partial charge in [-0.25, -0.2) is 0 Å². The molecule has 0 saturated carbocycles. The molecule has 1 atom stereocenters. The summed E-state index contributed by atoms with van der Waals surface area (Å²) in [6.07, 6.45) is 4.41. The van der Waals surface area contributed by atoms with E-state index in [1.807, 2.05) is 18.2 Å². The van der Waals surface area contributed by atoms with Crippen LogP contribution >= 0.6 is 11.8 Å². The third-order valence-electron chi connectivity index (χ3n) is 3.26. The molecule has 0 aromatic heterocycles. The van der Waals surface area contributed by atoms with E-state index in [-0.39, 0.29) is 16.1 Å². The normalized spacial score (nSPS) is 11.9. The van der Waals surface area contributed by atoms with Gasteiger partial charge in [-0.15, -0.1) is 0 Å². The fraction of sp³-hybridized carbons (Fsp3) is 0.471. The molecule has 22 heavy (non-hydrogen) atoms. The molecular weight excluding hydrogens is 298 g/mol. The molecule has 0 spiro atoms. The van der Waals surface area contributed by atoms with Crippen molar-refractivity contribution < 1.29 is 14.4 Å². The summed E-state index contributed by atoms with van der Waals surface area (Å²) in [5.74, 6) is 0.0494. The number of unbranched alkanes of at least 4 members (excludes halogenated alkanes) is 2. The van der Waals surface area contributed by atoms with E-state index in [1.165, 1.54) is 0 Å². The predicted octanol–water partition coefficient (Wildman–Crippen LogP) is 2.87. The first-order valence-corrected chi connectivity index (χ1v) is 8.44. The Hall–Kier alpha value is -1.46. The van der Waals surface area contributed by atoms with Crippen molar-refractivity contribution in [3.63, 3.8) is 0 Å². The van der Waals surface area contributed by atoms with Gasteiger partial charge in [-0.2, -0.15) is 0 Å². The summed E-state index contributed by atoms with van der Waals surface area (Å²) in [6.45, 7) is 2.73. The van der Waals surface area contributed by atoms with Gasteiger partial charge in [0.1, 0.15) is 12.1 Å². The Morgan fingerprint density at radius 3 is 2.55 bits per heavy atom. The standard InChI is InChI=1S/C17H23NO3S/c1-14(20)16(10-6-3-7-11-18-12-13-19)22-17(21)15-8-4-2-5-9-15/h2,4-5,8-9,13,16,18H,3,6-7,10-12H2,1H3. The molecule has 5 heteroatoms. The largest absolute Gasteiger partial charge is 0.310 e. The second-order valence-corrected chi connectivity index (χ2v) is 6.27. The molecule has 1 rings (SSSR count). The zero-order valence-electron chi connectivity index (χ0n) is 12.9. The molecule has 0 aliphatic rings. The maximum atomic E-state index is 12.1. The van der Waals surface area contributed by atoms with Gasteiger partial charge in [0, 0.05) is 5.56 Å². The van der Waals surface area contributed by atoms with Gasteiger partial charge in [-0.1, -0.05) is 54.9 Å². The van der Waals surface area contributed by atoms with Crippen molar-refractivity contribution in [3.8, 4) is 0 Å². The van der Waals surface area contributed by atoms with Gasteiger partial charge < -0.3 is 10.1 Å². The lowest BCUT2D eigenvalue weighted by Crippen LogP contribution is -2.18. The maximum absolute atomic E-state index is 12.1. The van der Waals surface area contributed by atoms with Crippen LogP contribution < -0.4 is 5.32 Å². The van der Waals surface area contributed by atoms with Crippen LogP contribution in [-0.2, 0) is 9.59 Å². The van der Waals surface area contributed by atoms with Crippen LogP contribution in [-0.4, -0.2) is 35.5 Å². The van der Waals surface area contributed by atoms with Gasteiger partial charge in [0.25, 0.3) is 0 Å². The second kappa shape index (κ2) is 11.2. The van der Waals surface area contributed by atoms with Crippen molar-refractivity contribution in [2.45, 2.75) is 37.9 Å². The summed E-state index contributed by atoms with van der Waals surface area (Å²) in [5, 5.41) is 2.69. The summed E-state index contributed by atoms with van der Waals surface area (Å²) in [5.41, 5.74) is 0.636. The average Bonchev–Trinajstić information content (AvgIpc) is 2.53. The van der Waals surface area contributed by atoms with Gasteiger partial charge in [-0.3, -0.25) is 9.59 Å². The third-order valence-corrected chi connectivity index (χ3v) is 4.56. The quantitative estimate of drug-likeness (QED) is 0.501. The molecule has 0 fully saturated rings. The first-order valence-electron chi connectivity index (χ1n) is 7.56. The molecule has 120 valence electrons. The highest BCUT2D eigenvalue weighted by Gasteiger charge is 2.19. The molecule has 0 bridgehead atoms. The van der Waals surface area contributed by atoms with Gasteiger partial charge >= 0.3 is 0 Å². The Balaban J connectivity index is 2.32. The van der Waals surface area contributed by atoms with E-state index in [4.69, 9.17) is 0 Å². The van der Waals surface area contributed by atoms with E-state index in [0.717, 1.165) is 43.9 Å². The third kappa shape index (κ3) is 7.52. The first kappa shape index (κ1) is 18.6. The molecule has 1 unspecified atom stereocenters. The molecule has 1 aromatic rings. The lowest BCUT2D eigenvalue weighted by atomic mass is 10.1.